The second-order valence-corrected chi connectivity index (χ2v) is 6.43. The Kier molecular flexibility index (Phi) is 4.08. The number of H-pyrrole nitrogens is 1. The molecule has 1 fully saturated rings. The number of nitrogens with zero attached hydrogens (tertiary/aromatic N) is 5. The highest BCUT2D eigenvalue weighted by atomic mass is 35.5. The van der Waals surface area contributed by atoms with Crippen LogP contribution in [0.25, 0.3) is 11.2 Å². The van der Waals surface area contributed by atoms with Crippen molar-refractivity contribution in [2.24, 2.45) is 0 Å². The van der Waals surface area contributed by atoms with E-state index >= 15 is 0 Å². The van der Waals surface area contributed by atoms with Gasteiger partial charge in [0.15, 0.2) is 11.5 Å². The summed E-state index contributed by atoms with van der Waals surface area (Å²) in [6.07, 6.45) is 3.25. The van der Waals surface area contributed by atoms with Crippen molar-refractivity contribution < 1.29 is 0 Å². The lowest BCUT2D eigenvalue weighted by Gasteiger charge is -2.38. The number of hydrogen-bond acceptors (Lipinski definition) is 5. The standard InChI is InChI=1S/C17H19ClN6/c1-12(13-4-2-3-5-14(13)18)23-6-8-24(9-7-23)17-15-16(20-10-19-15)21-11-22-17/h2-5,10-12H,6-9H2,1H3,(H,19,20,21,22). The van der Waals surface area contributed by atoms with E-state index in [-0.39, 0.29) is 0 Å². The van der Waals surface area contributed by atoms with Gasteiger partial charge in [-0.3, -0.25) is 4.90 Å². The topological polar surface area (TPSA) is 60.9 Å². The quantitative estimate of drug-likeness (QED) is 0.793. The second kappa shape index (κ2) is 6.37. The predicted octanol–water partition coefficient (Wildman–Crippen LogP) is 2.89. The molecule has 1 aliphatic rings. The summed E-state index contributed by atoms with van der Waals surface area (Å²) in [7, 11) is 0. The number of aromatic amines is 1. The van der Waals surface area contributed by atoms with Gasteiger partial charge in [-0.15, -0.1) is 0 Å². The SMILES string of the molecule is CC(c1ccccc1Cl)N1CCN(c2ncnc3nc[nH]c23)CC1. The fourth-order valence-electron chi connectivity index (χ4n) is 3.32. The maximum Gasteiger partial charge on any atom is 0.182 e. The van der Waals surface area contributed by atoms with E-state index in [0.29, 0.717) is 11.7 Å². The molecule has 7 heteroatoms. The van der Waals surface area contributed by atoms with Crippen LogP contribution in [-0.2, 0) is 0 Å². The molecule has 0 amide bonds. The normalized spacial score (nSPS) is 17.3. The summed E-state index contributed by atoms with van der Waals surface area (Å²) < 4.78 is 0. The maximum atomic E-state index is 6.35. The number of hydrogen-bond donors (Lipinski definition) is 1. The summed E-state index contributed by atoms with van der Waals surface area (Å²) in [5, 5.41) is 0.836. The van der Waals surface area contributed by atoms with Crippen LogP contribution in [0.3, 0.4) is 0 Å². The zero-order valence-electron chi connectivity index (χ0n) is 13.5. The number of aromatic nitrogens is 4. The molecule has 1 aromatic carbocycles. The summed E-state index contributed by atoms with van der Waals surface area (Å²) in [5.74, 6) is 0.933. The fourth-order valence-corrected chi connectivity index (χ4v) is 3.62. The van der Waals surface area contributed by atoms with Gasteiger partial charge in [0.1, 0.15) is 11.8 Å². The molecule has 124 valence electrons. The van der Waals surface area contributed by atoms with Crippen molar-refractivity contribution in [2.75, 3.05) is 31.1 Å². The number of imidazole rings is 1. The Hall–Kier alpha value is -2.18. The minimum Gasteiger partial charge on any atom is -0.352 e. The number of rotatable bonds is 3. The van der Waals surface area contributed by atoms with E-state index in [1.165, 1.54) is 5.56 Å². The molecule has 4 rings (SSSR count). The number of halogens is 1. The molecule has 2 aromatic heterocycles. The fraction of sp³-hybridized carbons (Fsp3) is 0.353. The lowest BCUT2D eigenvalue weighted by atomic mass is 10.1. The van der Waals surface area contributed by atoms with Crippen molar-refractivity contribution in [3.8, 4) is 0 Å². The lowest BCUT2D eigenvalue weighted by molar-refractivity contribution is 0.198. The van der Waals surface area contributed by atoms with E-state index in [4.69, 9.17) is 11.6 Å². The summed E-state index contributed by atoms with van der Waals surface area (Å²) >= 11 is 6.35. The van der Waals surface area contributed by atoms with Crippen molar-refractivity contribution in [3.63, 3.8) is 0 Å². The molecule has 3 aromatic rings. The molecule has 1 N–H and O–H groups in total. The van der Waals surface area contributed by atoms with Crippen LogP contribution in [0.15, 0.2) is 36.9 Å². The van der Waals surface area contributed by atoms with Crippen LogP contribution in [0.1, 0.15) is 18.5 Å². The van der Waals surface area contributed by atoms with Crippen molar-refractivity contribution in [1.29, 1.82) is 0 Å². The minimum atomic E-state index is 0.304. The zero-order chi connectivity index (χ0) is 16.5. The van der Waals surface area contributed by atoms with Gasteiger partial charge in [0.25, 0.3) is 0 Å². The maximum absolute atomic E-state index is 6.35. The first-order valence-electron chi connectivity index (χ1n) is 8.11. The predicted molar refractivity (Wildman–Crippen MR) is 95.3 cm³/mol. The van der Waals surface area contributed by atoms with E-state index < -0.39 is 0 Å². The van der Waals surface area contributed by atoms with E-state index in [1.54, 1.807) is 12.7 Å². The summed E-state index contributed by atoms with van der Waals surface area (Å²) in [5.41, 5.74) is 2.81. The number of benzene rings is 1. The molecule has 0 saturated carbocycles. The van der Waals surface area contributed by atoms with Gasteiger partial charge in [-0.1, -0.05) is 29.8 Å². The van der Waals surface area contributed by atoms with E-state index in [9.17, 15) is 0 Å². The second-order valence-electron chi connectivity index (χ2n) is 6.02. The molecule has 1 saturated heterocycles. The zero-order valence-corrected chi connectivity index (χ0v) is 14.2. The van der Waals surface area contributed by atoms with Crippen LogP contribution in [0, 0.1) is 0 Å². The van der Waals surface area contributed by atoms with Crippen LogP contribution < -0.4 is 4.90 Å². The number of fused-ring (bicyclic) bond motifs is 1. The molecule has 6 nitrogen and oxygen atoms in total. The molecule has 1 unspecified atom stereocenters. The first-order valence-corrected chi connectivity index (χ1v) is 8.49. The Morgan fingerprint density at radius 3 is 2.67 bits per heavy atom. The molecule has 1 aliphatic heterocycles. The molecule has 1 atom stereocenters. The lowest BCUT2D eigenvalue weighted by Crippen LogP contribution is -2.47. The summed E-state index contributed by atoms with van der Waals surface area (Å²) in [6.45, 7) is 5.98. The third-order valence-electron chi connectivity index (χ3n) is 4.72. The highest BCUT2D eigenvalue weighted by Crippen LogP contribution is 2.29. The largest absolute Gasteiger partial charge is 0.352 e. The Balaban J connectivity index is 1.49. The Morgan fingerprint density at radius 1 is 1.08 bits per heavy atom. The van der Waals surface area contributed by atoms with Crippen LogP contribution >= 0.6 is 11.6 Å². The molecule has 3 heterocycles. The number of piperazine rings is 1. The molecule has 0 bridgehead atoms. The van der Waals surface area contributed by atoms with Crippen molar-refractivity contribution >= 4 is 28.6 Å². The Labute approximate surface area is 145 Å². The van der Waals surface area contributed by atoms with E-state index in [0.717, 1.165) is 42.5 Å². The third kappa shape index (κ3) is 2.72. The van der Waals surface area contributed by atoms with Crippen molar-refractivity contribution in [3.05, 3.63) is 47.5 Å². The minimum absolute atomic E-state index is 0.304. The first-order chi connectivity index (χ1) is 11.7. The van der Waals surface area contributed by atoms with Gasteiger partial charge in [0.2, 0.25) is 0 Å². The molecule has 0 aliphatic carbocycles. The van der Waals surface area contributed by atoms with Gasteiger partial charge < -0.3 is 9.88 Å². The third-order valence-corrected chi connectivity index (χ3v) is 5.06. The van der Waals surface area contributed by atoms with Crippen LogP contribution in [0.2, 0.25) is 5.02 Å². The average molecular weight is 343 g/mol. The van der Waals surface area contributed by atoms with Crippen LogP contribution in [0.4, 0.5) is 5.82 Å². The highest BCUT2D eigenvalue weighted by Gasteiger charge is 2.25. The van der Waals surface area contributed by atoms with Gasteiger partial charge in [0.05, 0.1) is 6.33 Å². The Bertz CT molecular complexity index is 840. The smallest absolute Gasteiger partial charge is 0.182 e. The number of nitrogens with one attached hydrogen (secondary N) is 1. The Morgan fingerprint density at radius 2 is 1.88 bits per heavy atom. The molecule has 24 heavy (non-hydrogen) atoms. The van der Waals surface area contributed by atoms with Crippen LogP contribution in [0.5, 0.6) is 0 Å². The molecular formula is C17H19ClN6. The monoisotopic (exact) mass is 342 g/mol. The number of anilines is 1. The molecular weight excluding hydrogens is 324 g/mol. The average Bonchev–Trinajstić information content (AvgIpc) is 3.10. The summed E-state index contributed by atoms with van der Waals surface area (Å²) in [6, 6.07) is 8.39. The molecule has 0 radical (unpaired) electrons. The van der Waals surface area contributed by atoms with Crippen LogP contribution in [-0.4, -0.2) is 51.0 Å². The highest BCUT2D eigenvalue weighted by molar-refractivity contribution is 6.31. The van der Waals surface area contributed by atoms with Gasteiger partial charge in [-0.25, -0.2) is 15.0 Å². The first kappa shape index (κ1) is 15.4. The van der Waals surface area contributed by atoms with Gasteiger partial charge in [-0.2, -0.15) is 0 Å². The van der Waals surface area contributed by atoms with Gasteiger partial charge in [-0.05, 0) is 18.6 Å². The molecule has 0 spiro atoms. The van der Waals surface area contributed by atoms with Gasteiger partial charge in [0, 0.05) is 37.2 Å². The van der Waals surface area contributed by atoms with Gasteiger partial charge >= 0.3 is 0 Å². The summed E-state index contributed by atoms with van der Waals surface area (Å²) in [4.78, 5) is 20.7. The van der Waals surface area contributed by atoms with E-state index in [1.807, 2.05) is 18.2 Å². The van der Waals surface area contributed by atoms with Crippen molar-refractivity contribution in [2.45, 2.75) is 13.0 Å². The van der Waals surface area contributed by atoms with Crippen molar-refractivity contribution in [1.82, 2.24) is 24.8 Å². The van der Waals surface area contributed by atoms with E-state index in [2.05, 4.69) is 42.7 Å².